The molecule has 5 aliphatic rings. The fourth-order valence-electron chi connectivity index (χ4n) is 8.29. The molecule has 4 N–H and O–H groups in total. The van der Waals surface area contributed by atoms with Crippen molar-refractivity contribution in [3.05, 3.63) is 10.1 Å². The van der Waals surface area contributed by atoms with E-state index in [2.05, 4.69) is 44.9 Å². The Morgan fingerprint density at radius 3 is 2.52 bits per heavy atom. The number of ketones is 1. The van der Waals surface area contributed by atoms with Crippen LogP contribution in [0.5, 0.6) is 0 Å². The van der Waals surface area contributed by atoms with Crippen molar-refractivity contribution in [1.82, 2.24) is 15.6 Å². The van der Waals surface area contributed by atoms with Gasteiger partial charge in [-0.05, 0) is 102 Å². The summed E-state index contributed by atoms with van der Waals surface area (Å²) in [5.41, 5.74) is 6.42. The van der Waals surface area contributed by atoms with Crippen LogP contribution in [0.15, 0.2) is 4.99 Å². The number of hydrogen-bond donors (Lipinski definition) is 3. The number of carbonyl (C=O) groups is 3. The third kappa shape index (κ3) is 8.80. The van der Waals surface area contributed by atoms with Gasteiger partial charge in [0.25, 0.3) is 5.96 Å². The Kier molecular flexibility index (Phi) is 11.8. The first-order valence-corrected chi connectivity index (χ1v) is 17.7. The van der Waals surface area contributed by atoms with Crippen LogP contribution in [-0.2, 0) is 23.6 Å². The molecule has 2 heterocycles. The lowest BCUT2D eigenvalue weighted by Crippen LogP contribution is -2.65. The van der Waals surface area contributed by atoms with Crippen LogP contribution in [0.1, 0.15) is 113 Å². The molecule has 270 valence electrons. The number of guanidine groups is 1. The Balaban J connectivity index is 1.50. The first kappa shape index (κ1) is 37.9. The van der Waals surface area contributed by atoms with Gasteiger partial charge in [0.2, 0.25) is 5.91 Å². The molecule has 48 heavy (non-hydrogen) atoms. The number of aliphatic imine (C=N–C) groups is 1. The van der Waals surface area contributed by atoms with Gasteiger partial charge in [-0.1, -0.05) is 33.1 Å². The first-order chi connectivity index (χ1) is 22.3. The maximum atomic E-state index is 14.1. The van der Waals surface area contributed by atoms with E-state index in [0.29, 0.717) is 37.6 Å². The summed E-state index contributed by atoms with van der Waals surface area (Å²) in [5.74, 6) is -0.799. The molecule has 5 rings (SSSR count). The van der Waals surface area contributed by atoms with Gasteiger partial charge < -0.3 is 25.1 Å². The van der Waals surface area contributed by atoms with Gasteiger partial charge in [-0.2, -0.15) is 0 Å². The van der Waals surface area contributed by atoms with E-state index in [1.807, 2.05) is 5.43 Å². The second-order valence-electron chi connectivity index (χ2n) is 16.4. The van der Waals surface area contributed by atoms with Crippen molar-refractivity contribution < 1.29 is 33.5 Å². The molecule has 2 aliphatic heterocycles. The fraction of sp³-hybridized carbons (Fsp3) is 0.879. The number of ether oxygens (including phenoxy) is 1. The van der Waals surface area contributed by atoms with Crippen molar-refractivity contribution in [1.29, 1.82) is 0 Å². The summed E-state index contributed by atoms with van der Waals surface area (Å²) in [6.45, 7) is 16.8. The molecule has 5 fully saturated rings. The zero-order valence-electron chi connectivity index (χ0n) is 30.1. The molecule has 7 atom stereocenters. The minimum atomic E-state index is -0.794. The quantitative estimate of drug-likeness (QED) is 0.0642. The van der Waals surface area contributed by atoms with E-state index in [1.165, 1.54) is 4.90 Å². The van der Waals surface area contributed by atoms with Gasteiger partial charge >= 0.3 is 13.2 Å². The Hall–Kier alpha value is -2.94. The normalized spacial score (nSPS) is 29.4. The molecule has 2 amide bonds. The second-order valence-corrected chi connectivity index (χ2v) is 16.4. The van der Waals surface area contributed by atoms with Crippen LogP contribution >= 0.6 is 0 Å². The number of nitro groups is 1. The number of hydrazine groups is 1. The van der Waals surface area contributed by atoms with Crippen LogP contribution in [0.2, 0.25) is 0 Å². The molecule has 2 saturated heterocycles. The van der Waals surface area contributed by atoms with E-state index in [0.717, 1.165) is 25.7 Å². The van der Waals surface area contributed by atoms with E-state index in [9.17, 15) is 24.5 Å². The van der Waals surface area contributed by atoms with E-state index in [-0.39, 0.29) is 54.5 Å². The maximum Gasteiger partial charge on any atom is 0.481 e. The Labute approximate surface area is 285 Å². The summed E-state index contributed by atoms with van der Waals surface area (Å²) in [4.78, 5) is 57.2. The number of hydrogen-bond acceptors (Lipinski definition) is 9. The largest absolute Gasteiger partial charge is 0.481 e. The molecule has 2 bridgehead atoms. The van der Waals surface area contributed by atoms with Gasteiger partial charge in [0.15, 0.2) is 10.8 Å². The van der Waals surface area contributed by atoms with E-state index in [4.69, 9.17) is 19.8 Å². The van der Waals surface area contributed by atoms with Gasteiger partial charge in [-0.25, -0.2) is 19.9 Å². The highest BCUT2D eigenvalue weighted by atomic mass is 16.7. The molecule has 0 unspecified atom stereocenters. The minimum Gasteiger partial charge on any atom is -0.444 e. The Morgan fingerprint density at radius 1 is 1.19 bits per heavy atom. The van der Waals surface area contributed by atoms with Crippen LogP contribution in [-0.4, -0.2) is 83.2 Å². The summed E-state index contributed by atoms with van der Waals surface area (Å²) < 4.78 is 18.9. The van der Waals surface area contributed by atoms with Crippen molar-refractivity contribution in [2.75, 3.05) is 13.1 Å². The number of rotatable bonds is 13. The van der Waals surface area contributed by atoms with Crippen LogP contribution in [0.4, 0.5) is 4.79 Å². The lowest BCUT2D eigenvalue weighted by Gasteiger charge is -2.64. The summed E-state index contributed by atoms with van der Waals surface area (Å²) in [6.07, 6.45) is 4.71. The Bertz CT molecular complexity index is 1240. The molecular weight excluding hydrogens is 619 g/mol. The number of nitrogens with two attached hydrogens (primary N) is 1. The number of amides is 2. The van der Waals surface area contributed by atoms with Gasteiger partial charge in [0.1, 0.15) is 5.60 Å². The summed E-state index contributed by atoms with van der Waals surface area (Å²) in [5, 5.41) is 13.1. The molecule has 0 spiro atoms. The standard InChI is InChI=1S/C33H57BN6O8/c1-20(2)16-27(34-47-26-19-22-18-25(32(22,6)7)33(26,8)48-34)37-28(42)21(12-11-14-36-29(35)38-40(44)45)17-24(41)23-13-9-10-15-39(23)30(43)46-31(3,4)5/h20-23,25-27H,9-19H2,1-8H3,(H,37,42)(H3,35,36,38)/t21-,22+,23+,25+,26-,27+,33+/m1/s1. The van der Waals surface area contributed by atoms with Crippen LogP contribution in [0.25, 0.3) is 0 Å². The number of piperidine rings is 1. The van der Waals surface area contributed by atoms with E-state index in [1.54, 1.807) is 20.8 Å². The third-order valence-corrected chi connectivity index (χ3v) is 10.9. The fourth-order valence-corrected chi connectivity index (χ4v) is 8.29. The zero-order chi connectivity index (χ0) is 35.6. The highest BCUT2D eigenvalue weighted by Gasteiger charge is 2.68. The maximum absolute atomic E-state index is 14.1. The highest BCUT2D eigenvalue weighted by molar-refractivity contribution is 6.47. The molecule has 14 nitrogen and oxygen atoms in total. The molecule has 3 saturated carbocycles. The summed E-state index contributed by atoms with van der Waals surface area (Å²) in [7, 11) is -0.614. The van der Waals surface area contributed by atoms with Crippen LogP contribution < -0.4 is 16.5 Å². The summed E-state index contributed by atoms with van der Waals surface area (Å²) >= 11 is 0. The molecular formula is C33H57BN6O8. The molecule has 3 aliphatic carbocycles. The van der Waals surface area contributed by atoms with Crippen LogP contribution in [0.3, 0.4) is 0 Å². The number of nitrogens with zero attached hydrogens (tertiary/aromatic N) is 3. The van der Waals surface area contributed by atoms with E-state index < -0.39 is 47.3 Å². The monoisotopic (exact) mass is 676 g/mol. The highest BCUT2D eigenvalue weighted by Crippen LogP contribution is 2.65. The zero-order valence-corrected chi connectivity index (χ0v) is 30.1. The van der Waals surface area contributed by atoms with Crippen molar-refractivity contribution in [3.63, 3.8) is 0 Å². The number of carbonyl (C=O) groups excluding carboxylic acids is 3. The number of nitrogens with one attached hydrogen (secondary N) is 2. The lowest BCUT2D eigenvalue weighted by molar-refractivity contribution is -0.525. The average Bonchev–Trinajstić information content (AvgIpc) is 3.34. The first-order valence-electron chi connectivity index (χ1n) is 17.7. The topological polar surface area (TPSA) is 188 Å². The van der Waals surface area contributed by atoms with Crippen LogP contribution in [0, 0.1) is 39.2 Å². The predicted molar refractivity (Wildman–Crippen MR) is 181 cm³/mol. The van der Waals surface area contributed by atoms with Crippen molar-refractivity contribution >= 4 is 30.9 Å². The van der Waals surface area contributed by atoms with Gasteiger partial charge in [0, 0.05) is 25.4 Å². The smallest absolute Gasteiger partial charge is 0.444 e. The average molecular weight is 677 g/mol. The SMILES string of the molecule is CC(C)C[C@H](NC(=O)[C@H](CCCN=C(N)N[N+](=O)[O-])CC(=O)[C@@H]1CCCCN1C(=O)OC(C)(C)C)B1O[C@@H]2C[C@@H]3C[C@@H](C3(C)C)[C@]2(C)O1. The van der Waals surface area contributed by atoms with Crippen molar-refractivity contribution in [2.24, 2.45) is 39.8 Å². The Morgan fingerprint density at radius 2 is 1.90 bits per heavy atom. The third-order valence-electron chi connectivity index (χ3n) is 10.9. The van der Waals surface area contributed by atoms with Crippen molar-refractivity contribution in [3.8, 4) is 0 Å². The van der Waals surface area contributed by atoms with E-state index >= 15 is 0 Å². The predicted octanol–water partition coefficient (Wildman–Crippen LogP) is 4.03. The van der Waals surface area contributed by atoms with Gasteiger partial charge in [-0.3, -0.25) is 14.5 Å². The van der Waals surface area contributed by atoms with Crippen molar-refractivity contribution in [2.45, 2.75) is 142 Å². The van der Waals surface area contributed by atoms with Gasteiger partial charge in [0.05, 0.1) is 23.7 Å². The molecule has 0 radical (unpaired) electrons. The molecule has 15 heteroatoms. The molecule has 0 aromatic heterocycles. The lowest BCUT2D eigenvalue weighted by atomic mass is 9.43. The number of likely N-dealkylation sites (tertiary alicyclic amines) is 1. The second kappa shape index (κ2) is 14.9. The molecule has 0 aromatic rings. The molecule has 0 aromatic carbocycles. The summed E-state index contributed by atoms with van der Waals surface area (Å²) in [6, 6.07) is -0.687. The number of Topliss-reactive ketones (excluding diaryl/α,β-unsaturated/α-hetero) is 1. The van der Waals surface area contributed by atoms with Gasteiger partial charge in [-0.15, -0.1) is 0 Å². The minimum absolute atomic E-state index is 0.0375.